The largest absolute Gasteiger partial charge is 0.382 e. The van der Waals surface area contributed by atoms with Crippen molar-refractivity contribution in [1.82, 2.24) is 5.32 Å². The highest BCUT2D eigenvalue weighted by Gasteiger charge is 2.53. The fourth-order valence-corrected chi connectivity index (χ4v) is 2.58. The first-order valence-corrected chi connectivity index (χ1v) is 5.99. The van der Waals surface area contributed by atoms with Crippen molar-refractivity contribution < 1.29 is 5.11 Å². The number of aliphatic hydroxyl groups is 1. The van der Waals surface area contributed by atoms with Gasteiger partial charge in [-0.2, -0.15) is 0 Å². The van der Waals surface area contributed by atoms with Crippen LogP contribution in [0.5, 0.6) is 0 Å². The molecule has 90 valence electrons. The minimum atomic E-state index is -0.802. The molecule has 2 nitrogen and oxygen atoms in total. The van der Waals surface area contributed by atoms with E-state index in [0.717, 1.165) is 18.4 Å². The molecule has 0 saturated carbocycles. The van der Waals surface area contributed by atoms with Crippen LogP contribution in [0.15, 0.2) is 55.6 Å². The van der Waals surface area contributed by atoms with E-state index in [1.54, 1.807) is 0 Å². The minimum Gasteiger partial charge on any atom is -0.382 e. The third-order valence-corrected chi connectivity index (χ3v) is 3.51. The second-order valence-electron chi connectivity index (χ2n) is 4.51. The Kier molecular flexibility index (Phi) is 3.46. The van der Waals surface area contributed by atoms with Gasteiger partial charge < -0.3 is 10.4 Å². The van der Waals surface area contributed by atoms with E-state index in [-0.39, 0.29) is 12.1 Å². The molecule has 2 N–H and O–H groups in total. The van der Waals surface area contributed by atoms with Gasteiger partial charge in [-0.15, -0.1) is 13.2 Å². The second kappa shape index (κ2) is 4.86. The van der Waals surface area contributed by atoms with Crippen molar-refractivity contribution in [1.29, 1.82) is 0 Å². The Bertz CT molecular complexity index is 383. The molecule has 2 heteroatoms. The molecule has 17 heavy (non-hydrogen) atoms. The molecule has 0 amide bonds. The van der Waals surface area contributed by atoms with Crippen LogP contribution in [0.25, 0.3) is 0 Å². The lowest BCUT2D eigenvalue weighted by Crippen LogP contribution is -2.72. The molecule has 2 atom stereocenters. The molecule has 1 saturated heterocycles. The Hall–Kier alpha value is -1.38. The molecule has 0 aliphatic carbocycles. The van der Waals surface area contributed by atoms with E-state index in [2.05, 4.69) is 18.5 Å². The van der Waals surface area contributed by atoms with E-state index >= 15 is 0 Å². The standard InChI is InChI=1S/C15H19NO/c1-3-8-13-15(17,14(16-13)9-4-2)12-10-6-5-7-11-12/h3-7,10-11,13-14,16-17H,1-2,8-9H2. The summed E-state index contributed by atoms with van der Waals surface area (Å²) in [6, 6.07) is 9.94. The number of nitrogens with one attached hydrogen (secondary N) is 1. The lowest BCUT2D eigenvalue weighted by molar-refractivity contribution is -0.109. The van der Waals surface area contributed by atoms with Crippen molar-refractivity contribution in [3.63, 3.8) is 0 Å². The molecule has 1 aromatic rings. The molecule has 1 heterocycles. The van der Waals surface area contributed by atoms with Gasteiger partial charge in [0.25, 0.3) is 0 Å². The summed E-state index contributed by atoms with van der Waals surface area (Å²) >= 11 is 0. The van der Waals surface area contributed by atoms with Crippen molar-refractivity contribution in [3.8, 4) is 0 Å². The van der Waals surface area contributed by atoms with Crippen LogP contribution < -0.4 is 5.32 Å². The van der Waals surface area contributed by atoms with Crippen molar-refractivity contribution in [2.75, 3.05) is 0 Å². The second-order valence-corrected chi connectivity index (χ2v) is 4.51. The van der Waals surface area contributed by atoms with E-state index < -0.39 is 5.60 Å². The van der Waals surface area contributed by atoms with Crippen LogP contribution in [0.2, 0.25) is 0 Å². The van der Waals surface area contributed by atoms with Crippen LogP contribution in [0.4, 0.5) is 0 Å². The minimum absolute atomic E-state index is 0.0485. The van der Waals surface area contributed by atoms with E-state index in [9.17, 15) is 5.11 Å². The topological polar surface area (TPSA) is 32.3 Å². The fraction of sp³-hybridized carbons (Fsp3) is 0.333. The molecule has 2 unspecified atom stereocenters. The predicted molar refractivity (Wildman–Crippen MR) is 70.7 cm³/mol. The molecule has 1 aromatic carbocycles. The van der Waals surface area contributed by atoms with Crippen molar-refractivity contribution >= 4 is 0 Å². The summed E-state index contributed by atoms with van der Waals surface area (Å²) in [4.78, 5) is 0. The average Bonchev–Trinajstić information content (AvgIpc) is 2.38. The summed E-state index contributed by atoms with van der Waals surface area (Å²) in [7, 11) is 0. The van der Waals surface area contributed by atoms with Crippen LogP contribution in [0.3, 0.4) is 0 Å². The Morgan fingerprint density at radius 3 is 2.12 bits per heavy atom. The summed E-state index contributed by atoms with van der Waals surface area (Å²) < 4.78 is 0. The van der Waals surface area contributed by atoms with Gasteiger partial charge in [0.1, 0.15) is 5.60 Å². The lowest BCUT2D eigenvalue weighted by Gasteiger charge is -2.53. The number of hydrogen-bond donors (Lipinski definition) is 2. The number of benzene rings is 1. The molecule has 0 radical (unpaired) electrons. The van der Waals surface area contributed by atoms with Gasteiger partial charge in [-0.3, -0.25) is 0 Å². The van der Waals surface area contributed by atoms with Crippen LogP contribution in [-0.2, 0) is 5.60 Å². The first-order valence-electron chi connectivity index (χ1n) is 5.99. The molecule has 0 bridgehead atoms. The number of rotatable bonds is 5. The van der Waals surface area contributed by atoms with Gasteiger partial charge in [0.2, 0.25) is 0 Å². The first kappa shape index (κ1) is 12.1. The van der Waals surface area contributed by atoms with Crippen LogP contribution >= 0.6 is 0 Å². The molecule has 1 aliphatic rings. The van der Waals surface area contributed by atoms with E-state index in [0.29, 0.717) is 0 Å². The summed E-state index contributed by atoms with van der Waals surface area (Å²) in [6.07, 6.45) is 5.21. The zero-order chi connectivity index (χ0) is 12.3. The van der Waals surface area contributed by atoms with Crippen LogP contribution in [0, 0.1) is 0 Å². The Balaban J connectivity index is 2.28. The van der Waals surface area contributed by atoms with E-state index in [1.165, 1.54) is 0 Å². The van der Waals surface area contributed by atoms with Gasteiger partial charge in [-0.1, -0.05) is 42.5 Å². The monoisotopic (exact) mass is 229 g/mol. The number of hydrogen-bond acceptors (Lipinski definition) is 2. The van der Waals surface area contributed by atoms with Gasteiger partial charge in [-0.25, -0.2) is 0 Å². The van der Waals surface area contributed by atoms with E-state index in [4.69, 9.17) is 0 Å². The van der Waals surface area contributed by atoms with E-state index in [1.807, 2.05) is 42.5 Å². The highest BCUT2D eigenvalue weighted by molar-refractivity contribution is 5.32. The zero-order valence-electron chi connectivity index (χ0n) is 9.97. The van der Waals surface area contributed by atoms with Gasteiger partial charge in [0.15, 0.2) is 0 Å². The maximum atomic E-state index is 10.9. The lowest BCUT2D eigenvalue weighted by atomic mass is 9.70. The molecule has 0 spiro atoms. The molecular formula is C15H19NO. The maximum Gasteiger partial charge on any atom is 0.121 e. The van der Waals surface area contributed by atoms with Gasteiger partial charge in [0.05, 0.1) is 0 Å². The van der Waals surface area contributed by atoms with Crippen LogP contribution in [0.1, 0.15) is 18.4 Å². The van der Waals surface area contributed by atoms with Crippen molar-refractivity contribution in [2.24, 2.45) is 0 Å². The maximum absolute atomic E-state index is 10.9. The smallest absolute Gasteiger partial charge is 0.121 e. The molecule has 2 rings (SSSR count). The fourth-order valence-electron chi connectivity index (χ4n) is 2.58. The molecule has 1 fully saturated rings. The van der Waals surface area contributed by atoms with Crippen molar-refractivity contribution in [2.45, 2.75) is 30.5 Å². The zero-order valence-corrected chi connectivity index (χ0v) is 9.97. The Labute approximate surface area is 103 Å². The molecule has 0 aromatic heterocycles. The Morgan fingerprint density at radius 2 is 1.65 bits per heavy atom. The van der Waals surface area contributed by atoms with Gasteiger partial charge >= 0.3 is 0 Å². The highest BCUT2D eigenvalue weighted by atomic mass is 16.3. The predicted octanol–water partition coefficient (Wildman–Crippen LogP) is 2.37. The van der Waals surface area contributed by atoms with Gasteiger partial charge in [-0.05, 0) is 18.4 Å². The highest BCUT2D eigenvalue weighted by Crippen LogP contribution is 2.40. The Morgan fingerprint density at radius 1 is 1.12 bits per heavy atom. The summed E-state index contributed by atoms with van der Waals surface area (Å²) in [5, 5.41) is 14.3. The molecular weight excluding hydrogens is 210 g/mol. The van der Waals surface area contributed by atoms with Crippen LogP contribution in [-0.4, -0.2) is 17.2 Å². The van der Waals surface area contributed by atoms with Gasteiger partial charge in [0, 0.05) is 12.1 Å². The average molecular weight is 229 g/mol. The normalized spacial score (nSPS) is 31.6. The quantitative estimate of drug-likeness (QED) is 0.760. The molecule has 1 aliphatic heterocycles. The first-order chi connectivity index (χ1) is 8.23. The SMILES string of the molecule is C=CCC1NC(CC=C)C1(O)c1ccccc1. The third kappa shape index (κ3) is 1.94. The summed E-state index contributed by atoms with van der Waals surface area (Å²) in [6.45, 7) is 7.48. The summed E-state index contributed by atoms with van der Waals surface area (Å²) in [5.74, 6) is 0. The summed E-state index contributed by atoms with van der Waals surface area (Å²) in [5.41, 5.74) is 0.168. The third-order valence-electron chi connectivity index (χ3n) is 3.51. The van der Waals surface area contributed by atoms with Crippen molar-refractivity contribution in [3.05, 3.63) is 61.2 Å².